The summed E-state index contributed by atoms with van der Waals surface area (Å²) in [5.74, 6) is -1.69. The van der Waals surface area contributed by atoms with Crippen LogP contribution in [0.2, 0.25) is 0 Å². The van der Waals surface area contributed by atoms with Gasteiger partial charge in [-0.25, -0.2) is 4.79 Å². The Kier molecular flexibility index (Phi) is 7.55. The number of nitrogens with one attached hydrogen (secondary N) is 3. The van der Waals surface area contributed by atoms with Crippen molar-refractivity contribution in [1.82, 2.24) is 16.0 Å². The summed E-state index contributed by atoms with van der Waals surface area (Å²) in [5, 5.41) is 18.3. The zero-order valence-electron chi connectivity index (χ0n) is 12.6. The van der Waals surface area contributed by atoms with Gasteiger partial charge in [0.25, 0.3) is 0 Å². The lowest BCUT2D eigenvalue weighted by Crippen LogP contribution is -2.48. The summed E-state index contributed by atoms with van der Waals surface area (Å²) in [6.45, 7) is 3.78. The summed E-state index contributed by atoms with van der Waals surface area (Å²) < 4.78 is 0. The first-order valence-electron chi connectivity index (χ1n) is 7.00. The van der Waals surface area contributed by atoms with Crippen molar-refractivity contribution in [2.24, 2.45) is 5.92 Å². The average molecular weight is 327 g/mol. The van der Waals surface area contributed by atoms with Crippen molar-refractivity contribution in [2.45, 2.75) is 32.9 Å². The maximum atomic E-state index is 11.6. The number of carboxylic acids is 1. The van der Waals surface area contributed by atoms with Crippen molar-refractivity contribution in [3.05, 3.63) is 22.4 Å². The third-order valence-corrected chi connectivity index (χ3v) is 4.09. The number of carbonyl (C=O) groups is 3. The van der Waals surface area contributed by atoms with Gasteiger partial charge in [-0.2, -0.15) is 0 Å². The molecular weight excluding hydrogens is 306 g/mol. The summed E-state index contributed by atoms with van der Waals surface area (Å²) in [5.41, 5.74) is 0. The van der Waals surface area contributed by atoms with E-state index in [0.717, 1.165) is 4.88 Å². The molecule has 1 rings (SSSR count). The number of hydrogen-bond donors (Lipinski definition) is 4. The number of urea groups is 1. The van der Waals surface area contributed by atoms with E-state index in [2.05, 4.69) is 16.0 Å². The molecule has 0 spiro atoms. The second-order valence-electron chi connectivity index (χ2n) is 4.89. The van der Waals surface area contributed by atoms with Crippen molar-refractivity contribution in [3.63, 3.8) is 0 Å². The largest absolute Gasteiger partial charge is 0.480 e. The first kappa shape index (κ1) is 18.1. The molecule has 4 N–H and O–H groups in total. The van der Waals surface area contributed by atoms with Crippen LogP contribution in [0.4, 0.5) is 4.79 Å². The van der Waals surface area contributed by atoms with E-state index in [1.807, 2.05) is 24.4 Å². The molecule has 122 valence electrons. The number of amides is 3. The van der Waals surface area contributed by atoms with Gasteiger partial charge in [-0.3, -0.25) is 20.2 Å². The van der Waals surface area contributed by atoms with Gasteiger partial charge in [0.2, 0.25) is 5.91 Å². The number of carboxylic acid groups (broad SMARTS) is 1. The Hall–Kier alpha value is -1.93. The first-order chi connectivity index (χ1) is 10.4. The molecule has 0 saturated heterocycles. The second kappa shape index (κ2) is 9.16. The van der Waals surface area contributed by atoms with E-state index >= 15 is 0 Å². The third kappa shape index (κ3) is 6.23. The smallest absolute Gasteiger partial charge is 0.321 e. The van der Waals surface area contributed by atoms with Gasteiger partial charge in [-0.05, 0) is 17.4 Å². The van der Waals surface area contributed by atoms with Crippen molar-refractivity contribution >= 4 is 29.2 Å². The summed E-state index contributed by atoms with van der Waals surface area (Å²) in [7, 11) is 0. The minimum Gasteiger partial charge on any atom is -0.480 e. The van der Waals surface area contributed by atoms with Crippen LogP contribution >= 0.6 is 11.3 Å². The lowest BCUT2D eigenvalue weighted by Gasteiger charge is -2.19. The second-order valence-corrected chi connectivity index (χ2v) is 5.92. The molecule has 1 aromatic rings. The Morgan fingerprint density at radius 3 is 2.64 bits per heavy atom. The van der Waals surface area contributed by atoms with Crippen LogP contribution < -0.4 is 16.0 Å². The molecule has 0 unspecified atom stereocenters. The number of aliphatic carboxylic acids is 1. The molecule has 0 saturated carbocycles. The first-order valence-corrected chi connectivity index (χ1v) is 7.88. The van der Waals surface area contributed by atoms with E-state index in [1.54, 1.807) is 6.92 Å². The highest BCUT2D eigenvalue weighted by Crippen LogP contribution is 2.08. The molecule has 0 aliphatic rings. The molecule has 0 aliphatic carbocycles. The van der Waals surface area contributed by atoms with Crippen LogP contribution in [-0.4, -0.2) is 35.6 Å². The molecule has 22 heavy (non-hydrogen) atoms. The fourth-order valence-electron chi connectivity index (χ4n) is 1.77. The Labute approximate surface area is 133 Å². The van der Waals surface area contributed by atoms with Crippen LogP contribution in [0.3, 0.4) is 0 Å². The molecule has 0 aromatic carbocycles. The Balaban J connectivity index is 2.32. The number of hydrogen-bond acceptors (Lipinski definition) is 5. The van der Waals surface area contributed by atoms with E-state index in [-0.39, 0.29) is 12.5 Å². The SMILES string of the molecule is CC[C@H](C)[C@H](NCC(=O)NC(=O)NCc1cccs1)C(=O)O. The van der Waals surface area contributed by atoms with E-state index in [4.69, 9.17) is 5.11 Å². The maximum absolute atomic E-state index is 11.6. The monoisotopic (exact) mass is 327 g/mol. The van der Waals surface area contributed by atoms with Gasteiger partial charge in [0.1, 0.15) is 6.04 Å². The van der Waals surface area contributed by atoms with Gasteiger partial charge >= 0.3 is 12.0 Å². The molecule has 0 fully saturated rings. The molecule has 0 aliphatic heterocycles. The lowest BCUT2D eigenvalue weighted by atomic mass is 9.99. The van der Waals surface area contributed by atoms with Crippen molar-refractivity contribution < 1.29 is 19.5 Å². The molecule has 7 nitrogen and oxygen atoms in total. The molecule has 1 heterocycles. The van der Waals surface area contributed by atoms with E-state index in [0.29, 0.717) is 13.0 Å². The van der Waals surface area contributed by atoms with Gasteiger partial charge in [0, 0.05) is 4.88 Å². The van der Waals surface area contributed by atoms with Crippen LogP contribution in [0.15, 0.2) is 17.5 Å². The third-order valence-electron chi connectivity index (χ3n) is 3.22. The van der Waals surface area contributed by atoms with Gasteiger partial charge in [0.05, 0.1) is 13.1 Å². The zero-order valence-corrected chi connectivity index (χ0v) is 13.4. The van der Waals surface area contributed by atoms with Crippen LogP contribution in [0.1, 0.15) is 25.1 Å². The molecule has 0 radical (unpaired) electrons. The van der Waals surface area contributed by atoms with Gasteiger partial charge in [-0.1, -0.05) is 26.3 Å². The number of rotatable bonds is 8. The summed E-state index contributed by atoms with van der Waals surface area (Å²) in [6.07, 6.45) is 0.673. The Morgan fingerprint density at radius 2 is 2.09 bits per heavy atom. The molecule has 8 heteroatoms. The van der Waals surface area contributed by atoms with Crippen LogP contribution in [-0.2, 0) is 16.1 Å². The van der Waals surface area contributed by atoms with Crippen LogP contribution in [0, 0.1) is 5.92 Å². The molecule has 1 aromatic heterocycles. The average Bonchev–Trinajstić information content (AvgIpc) is 2.97. The minimum atomic E-state index is -1.01. The Bertz CT molecular complexity index is 504. The van der Waals surface area contributed by atoms with Crippen molar-refractivity contribution in [2.75, 3.05) is 6.54 Å². The highest BCUT2D eigenvalue weighted by atomic mass is 32.1. The molecular formula is C14H21N3O4S. The predicted molar refractivity (Wildman–Crippen MR) is 83.6 cm³/mol. The highest BCUT2D eigenvalue weighted by molar-refractivity contribution is 7.09. The summed E-state index contributed by atoms with van der Waals surface area (Å²) >= 11 is 1.50. The minimum absolute atomic E-state index is 0.113. The quantitative estimate of drug-likeness (QED) is 0.573. The van der Waals surface area contributed by atoms with Gasteiger partial charge < -0.3 is 10.4 Å². The number of imide groups is 1. The molecule has 3 amide bonds. The van der Waals surface area contributed by atoms with E-state index in [1.165, 1.54) is 11.3 Å². The predicted octanol–water partition coefficient (Wildman–Crippen LogP) is 1.16. The van der Waals surface area contributed by atoms with Gasteiger partial charge in [-0.15, -0.1) is 11.3 Å². The van der Waals surface area contributed by atoms with Crippen molar-refractivity contribution in [1.29, 1.82) is 0 Å². The fraction of sp³-hybridized carbons (Fsp3) is 0.500. The van der Waals surface area contributed by atoms with Crippen LogP contribution in [0.5, 0.6) is 0 Å². The zero-order chi connectivity index (χ0) is 16.5. The number of thiophene rings is 1. The normalized spacial score (nSPS) is 13.2. The van der Waals surface area contributed by atoms with E-state index < -0.39 is 23.9 Å². The molecule has 0 bridgehead atoms. The molecule has 2 atom stereocenters. The summed E-state index contributed by atoms with van der Waals surface area (Å²) in [6, 6.07) is 2.33. The topological polar surface area (TPSA) is 108 Å². The lowest BCUT2D eigenvalue weighted by molar-refractivity contribution is -0.140. The van der Waals surface area contributed by atoms with Gasteiger partial charge in [0.15, 0.2) is 0 Å². The standard InChI is InChI=1S/C14H21N3O4S/c1-3-9(2)12(13(19)20)15-8-11(18)17-14(21)16-7-10-5-4-6-22-10/h4-6,9,12,15H,3,7-8H2,1-2H3,(H,19,20)(H2,16,17,18,21)/t9-,12-/m0/s1. The Morgan fingerprint density at radius 1 is 1.36 bits per heavy atom. The fourth-order valence-corrected chi connectivity index (χ4v) is 2.41. The summed E-state index contributed by atoms with van der Waals surface area (Å²) in [4.78, 5) is 35.2. The maximum Gasteiger partial charge on any atom is 0.321 e. The highest BCUT2D eigenvalue weighted by Gasteiger charge is 2.23. The van der Waals surface area contributed by atoms with Crippen LogP contribution in [0.25, 0.3) is 0 Å². The number of carbonyl (C=O) groups excluding carboxylic acids is 2. The van der Waals surface area contributed by atoms with E-state index in [9.17, 15) is 14.4 Å². The van der Waals surface area contributed by atoms with Crippen molar-refractivity contribution in [3.8, 4) is 0 Å².